The van der Waals surface area contributed by atoms with Gasteiger partial charge in [0.05, 0.1) is 32.3 Å². The molecule has 4 N–H and O–H groups in total. The molecular formula is C31H44N2O7. The van der Waals surface area contributed by atoms with Crippen molar-refractivity contribution in [3.8, 4) is 11.5 Å². The van der Waals surface area contributed by atoms with Gasteiger partial charge in [0.25, 0.3) is 0 Å². The molecule has 1 aromatic rings. The van der Waals surface area contributed by atoms with Crippen molar-refractivity contribution in [2.75, 3.05) is 26.8 Å². The van der Waals surface area contributed by atoms with Gasteiger partial charge in [0.1, 0.15) is 12.2 Å². The fourth-order valence-corrected chi connectivity index (χ4v) is 7.24. The first-order chi connectivity index (χ1) is 19.4. The van der Waals surface area contributed by atoms with Crippen LogP contribution in [0.15, 0.2) is 23.8 Å². The highest BCUT2D eigenvalue weighted by atomic mass is 16.5. The molecular weight excluding hydrogens is 512 g/mol. The molecule has 2 fully saturated rings. The molecule has 0 spiro atoms. The number of ether oxygens (including phenoxy) is 2. The van der Waals surface area contributed by atoms with Crippen molar-refractivity contribution in [3.63, 3.8) is 0 Å². The highest BCUT2D eigenvalue weighted by Gasteiger charge is 2.51. The Morgan fingerprint density at radius 2 is 1.75 bits per heavy atom. The van der Waals surface area contributed by atoms with E-state index in [2.05, 4.69) is 5.32 Å². The Kier molecular flexibility index (Phi) is 9.33. The fraction of sp³-hybridized carbons (Fsp3) is 0.677. The Labute approximate surface area is 236 Å². The second-order valence-electron chi connectivity index (χ2n) is 11.9. The van der Waals surface area contributed by atoms with E-state index < -0.39 is 24.2 Å². The average molecular weight is 557 g/mol. The molecule has 220 valence electrons. The number of hydrogen-bond donors (Lipinski definition) is 4. The monoisotopic (exact) mass is 556 g/mol. The molecule has 2 saturated carbocycles. The molecule has 0 aromatic heterocycles. The largest absolute Gasteiger partial charge is 0.493 e. The molecule has 4 unspecified atom stereocenters. The van der Waals surface area contributed by atoms with Crippen LogP contribution >= 0.6 is 0 Å². The zero-order valence-corrected chi connectivity index (χ0v) is 23.5. The Bertz CT molecular complexity index is 1090. The number of amides is 2. The summed E-state index contributed by atoms with van der Waals surface area (Å²) in [6.07, 6.45) is 10.3. The van der Waals surface area contributed by atoms with Crippen molar-refractivity contribution in [1.82, 2.24) is 10.2 Å². The molecule has 4 atom stereocenters. The van der Waals surface area contributed by atoms with Gasteiger partial charge >= 0.3 is 0 Å². The van der Waals surface area contributed by atoms with E-state index in [0.717, 1.165) is 51.4 Å². The Hall–Kier alpha value is -2.62. The van der Waals surface area contributed by atoms with Crippen LogP contribution in [-0.2, 0) is 16.2 Å². The molecule has 9 nitrogen and oxygen atoms in total. The fourth-order valence-electron chi connectivity index (χ4n) is 7.24. The van der Waals surface area contributed by atoms with Crippen LogP contribution in [0.25, 0.3) is 0 Å². The van der Waals surface area contributed by atoms with E-state index in [4.69, 9.17) is 9.47 Å². The van der Waals surface area contributed by atoms with Crippen LogP contribution in [0.1, 0.15) is 81.3 Å². The van der Waals surface area contributed by atoms with Crippen LogP contribution in [0.3, 0.4) is 0 Å². The van der Waals surface area contributed by atoms with Gasteiger partial charge in [-0.15, -0.1) is 0 Å². The van der Waals surface area contributed by atoms with Gasteiger partial charge in [-0.05, 0) is 61.3 Å². The van der Waals surface area contributed by atoms with Crippen LogP contribution in [0.5, 0.6) is 11.5 Å². The zero-order chi connectivity index (χ0) is 28.2. The molecule has 0 saturated heterocycles. The van der Waals surface area contributed by atoms with E-state index in [1.54, 1.807) is 18.2 Å². The molecule has 40 heavy (non-hydrogen) atoms. The molecule has 1 aliphatic heterocycles. The van der Waals surface area contributed by atoms with E-state index in [-0.39, 0.29) is 31.6 Å². The van der Waals surface area contributed by atoms with Gasteiger partial charge in [0.2, 0.25) is 11.8 Å². The summed E-state index contributed by atoms with van der Waals surface area (Å²) in [5.41, 5.74) is 1.66. The molecule has 5 rings (SSSR count). The van der Waals surface area contributed by atoms with Crippen molar-refractivity contribution in [2.24, 2.45) is 11.8 Å². The number of carbonyl (C=O) groups is 2. The third-order valence-electron chi connectivity index (χ3n) is 9.29. The maximum absolute atomic E-state index is 13.9. The lowest BCUT2D eigenvalue weighted by Gasteiger charge is -2.42. The van der Waals surface area contributed by atoms with Gasteiger partial charge in [-0.1, -0.05) is 32.1 Å². The van der Waals surface area contributed by atoms with Gasteiger partial charge < -0.3 is 35.0 Å². The standard InChI is InChI=1S/C31H44N2O7/c1-39-25-14-21(18-35)13-22-27-23(31(38)32-11-12-34)16-24(28(37)30(27)40-29(22)25)33(17-20-9-3-2-4-10-20)26(36)15-19-7-5-6-8-19/h13-14,16,19-20,24,27-28,30,34-35,37H,2-12,15,17-18H2,1H3,(H,32,38). The van der Waals surface area contributed by atoms with Crippen molar-refractivity contribution in [2.45, 2.75) is 95.0 Å². The highest BCUT2D eigenvalue weighted by Crippen LogP contribution is 2.51. The summed E-state index contributed by atoms with van der Waals surface area (Å²) in [5.74, 6) is 0.632. The quantitative estimate of drug-likeness (QED) is 0.349. The number of carbonyl (C=O) groups excluding carboxylic acids is 2. The molecule has 0 radical (unpaired) electrons. The molecule has 3 aliphatic carbocycles. The van der Waals surface area contributed by atoms with Gasteiger partial charge in [-0.25, -0.2) is 0 Å². The predicted molar refractivity (Wildman–Crippen MR) is 149 cm³/mol. The topological polar surface area (TPSA) is 129 Å². The first kappa shape index (κ1) is 28.9. The minimum absolute atomic E-state index is 0.0296. The van der Waals surface area contributed by atoms with Crippen LogP contribution in [0, 0.1) is 11.8 Å². The number of benzene rings is 1. The minimum atomic E-state index is -1.06. The van der Waals surface area contributed by atoms with Crippen molar-refractivity contribution in [3.05, 3.63) is 34.9 Å². The second kappa shape index (κ2) is 12.9. The number of rotatable bonds is 10. The molecule has 4 aliphatic rings. The van der Waals surface area contributed by atoms with Gasteiger partial charge in [0, 0.05) is 30.6 Å². The number of aliphatic hydroxyl groups is 3. The number of methoxy groups -OCH3 is 1. The minimum Gasteiger partial charge on any atom is -0.493 e. The lowest BCUT2D eigenvalue weighted by atomic mass is 9.76. The van der Waals surface area contributed by atoms with E-state index in [0.29, 0.717) is 53.0 Å². The lowest BCUT2D eigenvalue weighted by molar-refractivity contribution is -0.139. The Morgan fingerprint density at radius 3 is 2.42 bits per heavy atom. The Morgan fingerprint density at radius 1 is 1.05 bits per heavy atom. The predicted octanol–water partition coefficient (Wildman–Crippen LogP) is 2.80. The maximum atomic E-state index is 13.9. The highest BCUT2D eigenvalue weighted by molar-refractivity contribution is 5.96. The van der Waals surface area contributed by atoms with E-state index in [1.807, 2.05) is 4.90 Å². The van der Waals surface area contributed by atoms with E-state index in [9.17, 15) is 24.9 Å². The van der Waals surface area contributed by atoms with Gasteiger partial charge in [-0.2, -0.15) is 0 Å². The van der Waals surface area contributed by atoms with Crippen LogP contribution in [0.4, 0.5) is 0 Å². The smallest absolute Gasteiger partial charge is 0.247 e. The first-order valence-electron chi connectivity index (χ1n) is 15.0. The zero-order valence-electron chi connectivity index (χ0n) is 23.5. The Balaban J connectivity index is 1.53. The number of hydrogen-bond acceptors (Lipinski definition) is 7. The molecule has 0 bridgehead atoms. The average Bonchev–Trinajstić information content (AvgIpc) is 3.63. The van der Waals surface area contributed by atoms with Gasteiger partial charge in [-0.3, -0.25) is 9.59 Å². The summed E-state index contributed by atoms with van der Waals surface area (Å²) in [4.78, 5) is 29.3. The number of nitrogens with zero attached hydrogens (tertiary/aromatic N) is 1. The van der Waals surface area contributed by atoms with Crippen molar-refractivity contribution >= 4 is 11.8 Å². The summed E-state index contributed by atoms with van der Waals surface area (Å²) in [7, 11) is 1.51. The number of aliphatic hydroxyl groups excluding tert-OH is 3. The summed E-state index contributed by atoms with van der Waals surface area (Å²) in [6, 6.07) is 2.76. The van der Waals surface area contributed by atoms with Crippen molar-refractivity contribution < 1.29 is 34.4 Å². The van der Waals surface area contributed by atoms with Crippen LogP contribution in [0.2, 0.25) is 0 Å². The second-order valence-corrected chi connectivity index (χ2v) is 11.9. The number of fused-ring (bicyclic) bond motifs is 3. The third-order valence-corrected chi connectivity index (χ3v) is 9.29. The van der Waals surface area contributed by atoms with E-state index >= 15 is 0 Å². The maximum Gasteiger partial charge on any atom is 0.247 e. The SMILES string of the molecule is COc1cc(CO)cc2c1OC1C2C(C(=O)NCCO)=CC(N(CC2CCCCC2)C(=O)CC2CCCC2)C1O. The summed E-state index contributed by atoms with van der Waals surface area (Å²) < 4.78 is 11.9. The summed E-state index contributed by atoms with van der Waals surface area (Å²) in [5, 5.41) is 33.9. The van der Waals surface area contributed by atoms with E-state index in [1.165, 1.54) is 13.5 Å². The summed E-state index contributed by atoms with van der Waals surface area (Å²) in [6.45, 7) is 0.216. The van der Waals surface area contributed by atoms with Crippen molar-refractivity contribution in [1.29, 1.82) is 0 Å². The first-order valence-corrected chi connectivity index (χ1v) is 15.0. The van der Waals surface area contributed by atoms with Crippen LogP contribution < -0.4 is 14.8 Å². The van der Waals surface area contributed by atoms with Gasteiger partial charge in [0.15, 0.2) is 11.5 Å². The molecule has 9 heteroatoms. The number of nitrogens with one attached hydrogen (secondary N) is 1. The normalized spacial score (nSPS) is 26.4. The molecule has 2 amide bonds. The summed E-state index contributed by atoms with van der Waals surface area (Å²) >= 11 is 0. The molecule has 1 heterocycles. The lowest BCUT2D eigenvalue weighted by Crippen LogP contribution is -2.56. The third kappa shape index (κ3) is 5.87. The molecule has 1 aromatic carbocycles. The van der Waals surface area contributed by atoms with Crippen LogP contribution in [-0.4, -0.2) is 77.1 Å².